The molecule has 49 heavy (non-hydrogen) atoms. The summed E-state index contributed by atoms with van der Waals surface area (Å²) < 4.78 is 5.01. The van der Waals surface area contributed by atoms with E-state index in [0.717, 1.165) is 37.5 Å². The number of allylic oxidation sites excluding steroid dienone is 2. The van der Waals surface area contributed by atoms with Gasteiger partial charge in [-0.3, -0.25) is 0 Å². The number of rotatable bonds is 4. The van der Waals surface area contributed by atoms with Gasteiger partial charge in [0.1, 0.15) is 0 Å². The Kier molecular flexibility index (Phi) is 6.73. The fourth-order valence-electron chi connectivity index (χ4n) is 11.3. The molecule has 2 fully saturated rings. The maximum atomic E-state index is 2.57. The monoisotopic (exact) mass is 638 g/mol. The van der Waals surface area contributed by atoms with Crippen LogP contribution in [0.2, 0.25) is 0 Å². The molecule has 6 aromatic rings. The molecule has 4 aliphatic rings. The van der Waals surface area contributed by atoms with Crippen LogP contribution < -0.4 is 0 Å². The zero-order chi connectivity index (χ0) is 32.7. The highest BCUT2D eigenvalue weighted by molar-refractivity contribution is 5.91. The van der Waals surface area contributed by atoms with E-state index in [1.54, 1.807) is 0 Å². The van der Waals surface area contributed by atoms with E-state index in [9.17, 15) is 0 Å². The lowest BCUT2D eigenvalue weighted by Crippen LogP contribution is -2.50. The summed E-state index contributed by atoms with van der Waals surface area (Å²) in [7, 11) is 0. The average molecular weight is 639 g/mol. The topological polar surface area (TPSA) is 9.86 Å². The normalized spacial score (nSPS) is 23.9. The Balaban J connectivity index is 1.11. The van der Waals surface area contributed by atoms with E-state index < -0.39 is 0 Å². The Morgan fingerprint density at radius 3 is 1.59 bits per heavy atom. The van der Waals surface area contributed by atoms with Gasteiger partial charge in [-0.2, -0.15) is 0 Å². The summed E-state index contributed by atoms with van der Waals surface area (Å²) in [6, 6.07) is 37.7. The maximum Gasteiger partial charge on any atom is 0.0537 e. The summed E-state index contributed by atoms with van der Waals surface area (Å²) in [4.78, 5) is 0. The van der Waals surface area contributed by atoms with Gasteiger partial charge < -0.3 is 9.13 Å². The summed E-state index contributed by atoms with van der Waals surface area (Å²) in [5, 5.41) is 2.80. The first-order valence-corrected chi connectivity index (χ1v) is 18.9. The number of hydrogen-bond donors (Lipinski definition) is 0. The highest BCUT2D eigenvalue weighted by Gasteiger charge is 2.52. The first-order valence-electron chi connectivity index (χ1n) is 18.9. The first-order chi connectivity index (χ1) is 24.1. The van der Waals surface area contributed by atoms with Crippen molar-refractivity contribution < 1.29 is 0 Å². The van der Waals surface area contributed by atoms with Gasteiger partial charge in [0.2, 0.25) is 0 Å². The predicted molar refractivity (Wildman–Crippen MR) is 206 cm³/mol. The van der Waals surface area contributed by atoms with E-state index in [1.165, 1.54) is 92.5 Å². The largest absolute Gasteiger partial charge is 0.310 e. The van der Waals surface area contributed by atoms with Crippen molar-refractivity contribution >= 4 is 34.0 Å². The lowest BCUT2D eigenvalue weighted by molar-refractivity contribution is 0.0402. The first kappa shape index (κ1) is 29.4. The van der Waals surface area contributed by atoms with Gasteiger partial charge in [0.15, 0.2) is 0 Å². The molecule has 10 rings (SSSR count). The molecule has 2 heteroatoms. The molecule has 4 atom stereocenters. The van der Waals surface area contributed by atoms with Crippen molar-refractivity contribution in [1.29, 1.82) is 0 Å². The summed E-state index contributed by atoms with van der Waals surface area (Å²) >= 11 is 0. The minimum atomic E-state index is -0.00158. The fraction of sp³-hybridized carbons (Fsp3) is 0.319. The van der Waals surface area contributed by atoms with Crippen LogP contribution in [0.3, 0.4) is 0 Å². The Morgan fingerprint density at radius 2 is 1.06 bits per heavy atom. The van der Waals surface area contributed by atoms with Crippen LogP contribution in [0.5, 0.6) is 0 Å². The summed E-state index contributed by atoms with van der Waals surface area (Å²) in [5.41, 5.74) is 13.9. The maximum absolute atomic E-state index is 2.57. The molecular weight excluding hydrogens is 593 g/mol. The number of aryl methyl sites for hydroxylation is 2. The number of aromatic nitrogens is 2. The molecule has 4 aliphatic carbocycles. The number of nitrogens with zero attached hydrogens (tertiary/aromatic N) is 2. The van der Waals surface area contributed by atoms with Crippen molar-refractivity contribution in [3.8, 4) is 11.4 Å². The van der Waals surface area contributed by atoms with E-state index in [-0.39, 0.29) is 5.41 Å². The molecular formula is C47H46N2. The molecule has 2 heterocycles. The van der Waals surface area contributed by atoms with Crippen LogP contribution in [0.4, 0.5) is 0 Å². The van der Waals surface area contributed by atoms with Crippen LogP contribution in [-0.4, -0.2) is 9.13 Å². The van der Waals surface area contributed by atoms with Gasteiger partial charge in [0.05, 0.1) is 11.0 Å². The second-order valence-electron chi connectivity index (χ2n) is 15.8. The van der Waals surface area contributed by atoms with E-state index in [0.29, 0.717) is 11.8 Å². The molecule has 0 N–H and O–H groups in total. The zero-order valence-electron chi connectivity index (χ0n) is 28.9. The van der Waals surface area contributed by atoms with E-state index in [2.05, 4.69) is 144 Å². The second-order valence-corrected chi connectivity index (χ2v) is 15.8. The van der Waals surface area contributed by atoms with Crippen LogP contribution in [0, 0.1) is 23.7 Å². The Morgan fingerprint density at radius 1 is 0.551 bits per heavy atom. The molecule has 0 saturated heterocycles. The minimum absolute atomic E-state index is 0.00158. The third-order valence-electron chi connectivity index (χ3n) is 13.1. The molecule has 2 aromatic heterocycles. The van der Waals surface area contributed by atoms with Crippen LogP contribution in [0.15, 0.2) is 109 Å². The molecule has 2 nitrogen and oxygen atoms in total. The molecule has 4 unspecified atom stereocenters. The number of hydrogen-bond acceptors (Lipinski definition) is 0. The highest BCUT2D eigenvalue weighted by atomic mass is 15.0. The van der Waals surface area contributed by atoms with Gasteiger partial charge in [-0.1, -0.05) is 86.7 Å². The van der Waals surface area contributed by atoms with Crippen LogP contribution in [0.1, 0.15) is 86.0 Å². The molecule has 0 aliphatic heterocycles. The molecule has 4 aromatic carbocycles. The number of para-hydroxylation sites is 2. The Hall–Kier alpha value is -4.56. The van der Waals surface area contributed by atoms with Gasteiger partial charge in [-0.25, -0.2) is 0 Å². The summed E-state index contributed by atoms with van der Waals surface area (Å²) in [6.07, 6.45) is 19.2. The van der Waals surface area contributed by atoms with Crippen molar-refractivity contribution in [3.63, 3.8) is 0 Å². The lowest BCUT2D eigenvalue weighted by atomic mass is 9.48. The van der Waals surface area contributed by atoms with Crippen molar-refractivity contribution in [2.45, 2.75) is 70.6 Å². The van der Waals surface area contributed by atoms with E-state index in [1.807, 2.05) is 0 Å². The third kappa shape index (κ3) is 4.32. The van der Waals surface area contributed by atoms with E-state index in [4.69, 9.17) is 0 Å². The molecule has 0 amide bonds. The lowest BCUT2D eigenvalue weighted by Gasteiger charge is -2.55. The van der Waals surface area contributed by atoms with Crippen molar-refractivity contribution in [1.82, 2.24) is 9.13 Å². The van der Waals surface area contributed by atoms with Crippen LogP contribution in [-0.2, 0) is 18.3 Å². The second kappa shape index (κ2) is 11.2. The Labute approximate surface area is 290 Å². The van der Waals surface area contributed by atoms with Crippen molar-refractivity contribution in [2.24, 2.45) is 23.7 Å². The van der Waals surface area contributed by atoms with Crippen LogP contribution >= 0.6 is 0 Å². The smallest absolute Gasteiger partial charge is 0.0537 e. The SMILES string of the molecule is CC1CC2CC(C)C(c3ccc(-n4c5c(c6ccccc64)CCC=C5)cc3)(c3ccc(-n4c5c(c6ccccc64)CCC=C5)cc3)C(C1)C2. The van der Waals surface area contributed by atoms with Crippen molar-refractivity contribution in [3.05, 3.63) is 143 Å². The van der Waals surface area contributed by atoms with Gasteiger partial charge in [0.25, 0.3) is 0 Å². The highest BCUT2D eigenvalue weighted by Crippen LogP contribution is 2.59. The van der Waals surface area contributed by atoms with Crippen LogP contribution in [0.25, 0.3) is 45.3 Å². The van der Waals surface area contributed by atoms with Crippen molar-refractivity contribution in [2.75, 3.05) is 0 Å². The van der Waals surface area contributed by atoms with Gasteiger partial charge in [-0.05, 0) is 146 Å². The Bertz CT molecular complexity index is 2120. The predicted octanol–water partition coefficient (Wildman–Crippen LogP) is 11.9. The quantitative estimate of drug-likeness (QED) is 0.182. The van der Waals surface area contributed by atoms with Gasteiger partial charge >= 0.3 is 0 Å². The molecule has 2 bridgehead atoms. The van der Waals surface area contributed by atoms with Gasteiger partial charge in [-0.15, -0.1) is 0 Å². The molecule has 0 spiro atoms. The van der Waals surface area contributed by atoms with Gasteiger partial charge in [0, 0.05) is 39.0 Å². The minimum Gasteiger partial charge on any atom is -0.310 e. The number of benzene rings is 4. The number of fused-ring (bicyclic) bond motifs is 8. The molecule has 244 valence electrons. The third-order valence-corrected chi connectivity index (χ3v) is 13.1. The summed E-state index contributed by atoms with van der Waals surface area (Å²) in [5.74, 6) is 2.85. The fourth-order valence-corrected chi connectivity index (χ4v) is 11.3. The average Bonchev–Trinajstić information content (AvgIpc) is 3.65. The molecule has 0 radical (unpaired) electrons. The van der Waals surface area contributed by atoms with E-state index >= 15 is 0 Å². The zero-order valence-corrected chi connectivity index (χ0v) is 28.9. The summed E-state index contributed by atoms with van der Waals surface area (Å²) in [6.45, 7) is 5.08. The standard InChI is InChI=1S/C47H46N2/c1-31-27-33-29-32(2)47(36(28-31)30-33,34-19-23-37(24-20-34)48-43-15-7-3-11-39(43)40-12-4-8-16-44(40)48)35-21-25-38(26-22-35)49-45-17-9-5-13-41(45)42-14-6-10-18-46(42)49/h3,5,7-11,13,15-26,31-33,36H,4,6,12,14,27-30H2,1-2H3. The molecule has 2 saturated carbocycles.